The third kappa shape index (κ3) is 5.27. The van der Waals surface area contributed by atoms with Gasteiger partial charge in [0.25, 0.3) is 0 Å². The van der Waals surface area contributed by atoms with Crippen molar-refractivity contribution in [3.05, 3.63) is 58.9 Å². The lowest BCUT2D eigenvalue weighted by molar-refractivity contribution is -0.123. The molecular formula is C24H30ClFN2O4S. The van der Waals surface area contributed by atoms with Gasteiger partial charge in [0, 0.05) is 12.0 Å². The number of ether oxygens (including phenoxy) is 1. The van der Waals surface area contributed by atoms with E-state index in [9.17, 15) is 17.6 Å². The number of hydrogen-bond acceptors (Lipinski definition) is 4. The lowest BCUT2D eigenvalue weighted by Gasteiger charge is -2.42. The van der Waals surface area contributed by atoms with Crippen molar-refractivity contribution in [2.24, 2.45) is 0 Å². The molecule has 0 unspecified atom stereocenters. The van der Waals surface area contributed by atoms with E-state index in [0.29, 0.717) is 6.42 Å². The zero-order valence-corrected chi connectivity index (χ0v) is 20.8. The number of para-hydroxylation sites is 1. The fourth-order valence-electron chi connectivity index (χ4n) is 4.38. The van der Waals surface area contributed by atoms with Crippen molar-refractivity contribution >= 4 is 33.2 Å². The normalized spacial score (nSPS) is 18.1. The van der Waals surface area contributed by atoms with Crippen LogP contribution in [-0.2, 0) is 14.8 Å². The van der Waals surface area contributed by atoms with E-state index in [1.807, 2.05) is 24.3 Å². The summed E-state index contributed by atoms with van der Waals surface area (Å²) >= 11 is 5.90. The van der Waals surface area contributed by atoms with Gasteiger partial charge >= 0.3 is 0 Å². The van der Waals surface area contributed by atoms with E-state index < -0.39 is 33.4 Å². The average molecular weight is 497 g/mol. The molecule has 1 aliphatic rings. The number of carbonyl (C=O) groups excluding carboxylic acids is 1. The van der Waals surface area contributed by atoms with Crippen LogP contribution in [0, 0.1) is 5.82 Å². The molecule has 3 rings (SSSR count). The van der Waals surface area contributed by atoms with Crippen LogP contribution < -0.4 is 14.4 Å². The number of halogens is 2. The van der Waals surface area contributed by atoms with Crippen LogP contribution in [0.5, 0.6) is 5.75 Å². The topological polar surface area (TPSA) is 75.7 Å². The Kier molecular flexibility index (Phi) is 7.59. The highest BCUT2D eigenvalue weighted by molar-refractivity contribution is 7.92. The van der Waals surface area contributed by atoms with Crippen LogP contribution in [0.25, 0.3) is 0 Å². The quantitative estimate of drug-likeness (QED) is 0.543. The number of fused-ring (bicyclic) bond motifs is 1. The molecule has 0 bridgehead atoms. The first-order valence-corrected chi connectivity index (χ1v) is 13.3. The highest BCUT2D eigenvalue weighted by Crippen LogP contribution is 2.42. The molecule has 180 valence electrons. The standard InChI is InChI=1S/C24H30ClFN2O4S/c1-5-21(28(33(4,30)31)16-12-13-19(26)18(25)14-16)23(29)27-20-15-24(6-2,7-3)32-22-11-9-8-10-17(20)22/h8-14,20-21H,5-7,15H2,1-4H3,(H,27,29)/t20-,21-/m0/s1. The Bertz CT molecular complexity index is 1120. The second-order valence-corrected chi connectivity index (χ2v) is 10.6. The van der Waals surface area contributed by atoms with Gasteiger partial charge in [0.15, 0.2) is 0 Å². The van der Waals surface area contributed by atoms with Crippen molar-refractivity contribution in [1.82, 2.24) is 5.32 Å². The highest BCUT2D eigenvalue weighted by Gasteiger charge is 2.40. The van der Waals surface area contributed by atoms with Crippen molar-refractivity contribution in [2.75, 3.05) is 10.6 Å². The van der Waals surface area contributed by atoms with Gasteiger partial charge in [0.1, 0.15) is 23.2 Å². The molecular weight excluding hydrogens is 467 g/mol. The molecule has 0 aromatic heterocycles. The molecule has 2 aromatic carbocycles. The number of anilines is 1. The summed E-state index contributed by atoms with van der Waals surface area (Å²) in [5.41, 5.74) is 0.568. The maximum atomic E-state index is 13.7. The van der Waals surface area contributed by atoms with Crippen molar-refractivity contribution in [3.8, 4) is 5.75 Å². The molecule has 1 amide bonds. The van der Waals surface area contributed by atoms with Gasteiger partial charge in [-0.15, -0.1) is 0 Å². The smallest absolute Gasteiger partial charge is 0.244 e. The number of hydrogen-bond donors (Lipinski definition) is 1. The van der Waals surface area contributed by atoms with Crippen molar-refractivity contribution in [2.45, 2.75) is 64.1 Å². The van der Waals surface area contributed by atoms with Crippen molar-refractivity contribution in [1.29, 1.82) is 0 Å². The molecule has 2 aromatic rings. The Morgan fingerprint density at radius 1 is 1.24 bits per heavy atom. The number of nitrogens with zero attached hydrogens (tertiary/aromatic N) is 1. The molecule has 0 saturated heterocycles. The van der Waals surface area contributed by atoms with E-state index in [1.165, 1.54) is 12.1 Å². The predicted molar refractivity (Wildman–Crippen MR) is 129 cm³/mol. The number of rotatable bonds is 8. The predicted octanol–water partition coefficient (Wildman–Crippen LogP) is 5.22. The van der Waals surface area contributed by atoms with Gasteiger partial charge in [0.05, 0.1) is 23.0 Å². The van der Waals surface area contributed by atoms with E-state index in [0.717, 1.165) is 40.8 Å². The van der Waals surface area contributed by atoms with Crippen molar-refractivity contribution < 1.29 is 22.3 Å². The Labute approximate surface area is 200 Å². The van der Waals surface area contributed by atoms with Crippen molar-refractivity contribution in [3.63, 3.8) is 0 Å². The zero-order valence-electron chi connectivity index (χ0n) is 19.3. The van der Waals surface area contributed by atoms with Gasteiger partial charge in [-0.05, 0) is 43.5 Å². The second kappa shape index (κ2) is 9.89. The van der Waals surface area contributed by atoms with E-state index in [1.54, 1.807) is 6.92 Å². The van der Waals surface area contributed by atoms with Gasteiger partial charge in [-0.2, -0.15) is 0 Å². The fourth-order valence-corrected chi connectivity index (χ4v) is 5.76. The van der Waals surface area contributed by atoms with Gasteiger partial charge in [-0.3, -0.25) is 9.10 Å². The van der Waals surface area contributed by atoms with Gasteiger partial charge in [-0.1, -0.05) is 50.6 Å². The first-order chi connectivity index (χ1) is 15.5. The first kappa shape index (κ1) is 25.3. The van der Waals surface area contributed by atoms with E-state index in [-0.39, 0.29) is 23.2 Å². The SMILES string of the molecule is CC[C@@H](C(=O)N[C@H]1CC(CC)(CC)Oc2ccccc21)N(c1ccc(F)c(Cl)c1)S(C)(=O)=O. The lowest BCUT2D eigenvalue weighted by Crippen LogP contribution is -2.52. The summed E-state index contributed by atoms with van der Waals surface area (Å²) in [7, 11) is -3.87. The molecule has 33 heavy (non-hydrogen) atoms. The van der Waals surface area contributed by atoms with Crippen LogP contribution in [0.4, 0.5) is 10.1 Å². The Morgan fingerprint density at radius 3 is 2.48 bits per heavy atom. The number of amides is 1. The number of carbonyl (C=O) groups is 1. The molecule has 0 aliphatic carbocycles. The minimum atomic E-state index is -3.87. The minimum absolute atomic E-state index is 0.134. The highest BCUT2D eigenvalue weighted by atomic mass is 35.5. The molecule has 1 N–H and O–H groups in total. The van der Waals surface area contributed by atoms with E-state index in [2.05, 4.69) is 19.2 Å². The molecule has 9 heteroatoms. The molecule has 0 fully saturated rings. The molecule has 6 nitrogen and oxygen atoms in total. The number of sulfonamides is 1. The third-order valence-electron chi connectivity index (χ3n) is 6.29. The summed E-state index contributed by atoms with van der Waals surface area (Å²) in [4.78, 5) is 13.5. The summed E-state index contributed by atoms with van der Waals surface area (Å²) in [6, 6.07) is 9.80. The van der Waals surface area contributed by atoms with Crippen LogP contribution in [0.3, 0.4) is 0 Å². The lowest BCUT2D eigenvalue weighted by atomic mass is 9.83. The molecule has 1 aliphatic heterocycles. The monoisotopic (exact) mass is 496 g/mol. The van der Waals surface area contributed by atoms with Gasteiger partial charge in [0.2, 0.25) is 15.9 Å². The fraction of sp³-hybridized carbons (Fsp3) is 0.458. The maximum absolute atomic E-state index is 13.7. The van der Waals surface area contributed by atoms with Crippen LogP contribution >= 0.6 is 11.6 Å². The summed E-state index contributed by atoms with van der Waals surface area (Å²) in [5, 5.41) is 2.85. The Hall–Kier alpha value is -2.32. The van der Waals surface area contributed by atoms with E-state index in [4.69, 9.17) is 16.3 Å². The Balaban J connectivity index is 1.97. The summed E-state index contributed by atoms with van der Waals surface area (Å²) in [6.07, 6.45) is 3.34. The third-order valence-corrected chi connectivity index (χ3v) is 7.76. The van der Waals surface area contributed by atoms with Gasteiger partial charge in [-0.25, -0.2) is 12.8 Å². The zero-order chi connectivity index (χ0) is 24.4. The van der Waals surface area contributed by atoms with Crippen LogP contribution in [0.1, 0.15) is 58.1 Å². The second-order valence-electron chi connectivity index (χ2n) is 8.38. The molecule has 2 atom stereocenters. The molecule has 0 saturated carbocycles. The maximum Gasteiger partial charge on any atom is 0.244 e. The molecule has 0 radical (unpaired) electrons. The van der Waals surface area contributed by atoms with E-state index >= 15 is 0 Å². The molecule has 1 heterocycles. The Morgan fingerprint density at radius 2 is 1.91 bits per heavy atom. The average Bonchev–Trinajstić information content (AvgIpc) is 2.78. The minimum Gasteiger partial charge on any atom is -0.487 e. The number of nitrogens with one attached hydrogen (secondary N) is 1. The first-order valence-electron chi connectivity index (χ1n) is 11.1. The van der Waals surface area contributed by atoms with Crippen LogP contribution in [-0.4, -0.2) is 32.2 Å². The summed E-state index contributed by atoms with van der Waals surface area (Å²) in [6.45, 7) is 5.83. The van der Waals surface area contributed by atoms with Gasteiger partial charge < -0.3 is 10.1 Å². The number of benzene rings is 2. The molecule has 0 spiro atoms. The summed E-state index contributed by atoms with van der Waals surface area (Å²) < 4.78 is 46.4. The van der Waals surface area contributed by atoms with Crippen LogP contribution in [0.15, 0.2) is 42.5 Å². The largest absolute Gasteiger partial charge is 0.487 e. The summed E-state index contributed by atoms with van der Waals surface area (Å²) in [5.74, 6) is -0.386. The van der Waals surface area contributed by atoms with Crippen LogP contribution in [0.2, 0.25) is 5.02 Å².